The van der Waals surface area contributed by atoms with Gasteiger partial charge in [-0.3, -0.25) is 0 Å². The van der Waals surface area contributed by atoms with Crippen LogP contribution in [-0.2, 0) is 11.0 Å². The molecular weight excluding hydrogens is 338 g/mol. The lowest BCUT2D eigenvalue weighted by Gasteiger charge is -2.07. The van der Waals surface area contributed by atoms with Crippen LogP contribution in [0.25, 0.3) is 22.4 Å². The summed E-state index contributed by atoms with van der Waals surface area (Å²) in [5, 5.41) is 3.28. The van der Waals surface area contributed by atoms with Crippen molar-refractivity contribution in [3.05, 3.63) is 36.3 Å². The molecule has 0 aliphatic carbocycles. The van der Waals surface area contributed by atoms with Gasteiger partial charge in [-0.2, -0.15) is 0 Å². The summed E-state index contributed by atoms with van der Waals surface area (Å²) in [5.74, 6) is -0.604. The fraction of sp³-hybridized carbons (Fsp3) is 0.214. The molecule has 0 saturated heterocycles. The summed E-state index contributed by atoms with van der Waals surface area (Å²) in [6, 6.07) is 1.31. The zero-order chi connectivity index (χ0) is 17.1. The zero-order valence-corrected chi connectivity index (χ0v) is 13.5. The van der Waals surface area contributed by atoms with E-state index in [4.69, 9.17) is 0 Å². The molecule has 3 rings (SSSR count). The van der Waals surface area contributed by atoms with E-state index in [1.807, 2.05) is 0 Å². The number of hydrogen-bond acceptors (Lipinski definition) is 5. The van der Waals surface area contributed by atoms with Gasteiger partial charge < -0.3 is 10.3 Å². The summed E-state index contributed by atoms with van der Waals surface area (Å²) >= 11 is 0. The third-order valence-corrected chi connectivity index (χ3v) is 4.32. The molecule has 24 heavy (non-hydrogen) atoms. The fourth-order valence-corrected chi connectivity index (χ4v) is 2.64. The number of aromatic amines is 1. The van der Waals surface area contributed by atoms with Gasteiger partial charge in [-0.1, -0.05) is 0 Å². The van der Waals surface area contributed by atoms with E-state index in [0.29, 0.717) is 16.6 Å². The van der Waals surface area contributed by atoms with Crippen molar-refractivity contribution in [2.75, 3.05) is 24.7 Å². The SMILES string of the molecule is CNS(=O)CCNc1nc(-c2c[nH]c3ncc(F)cc23)ncc1F. The molecule has 0 aromatic carbocycles. The minimum atomic E-state index is -1.20. The van der Waals surface area contributed by atoms with Crippen LogP contribution in [0.15, 0.2) is 24.7 Å². The standard InChI is InChI=1S/C14H14F2N6OS/c1-17-24(23)3-2-18-14-11(16)7-21-13(22-14)10-6-20-12-9(10)4-8(15)5-19-12/h4-7,17H,2-3H2,1H3,(H,19,20)(H,18,21,22). The number of nitrogens with one attached hydrogen (secondary N) is 3. The summed E-state index contributed by atoms with van der Waals surface area (Å²) < 4.78 is 41.1. The van der Waals surface area contributed by atoms with Crippen molar-refractivity contribution >= 4 is 27.8 Å². The molecule has 3 aromatic rings. The molecule has 1 atom stereocenters. The number of H-pyrrole nitrogens is 1. The highest BCUT2D eigenvalue weighted by Gasteiger charge is 2.13. The number of pyridine rings is 1. The lowest BCUT2D eigenvalue weighted by atomic mass is 10.2. The zero-order valence-electron chi connectivity index (χ0n) is 12.6. The summed E-state index contributed by atoms with van der Waals surface area (Å²) in [6.07, 6.45) is 3.72. The van der Waals surface area contributed by atoms with E-state index in [2.05, 4.69) is 30.0 Å². The number of anilines is 1. The number of hydrogen-bond donors (Lipinski definition) is 3. The van der Waals surface area contributed by atoms with Crippen LogP contribution in [0.4, 0.5) is 14.6 Å². The number of nitrogens with zero attached hydrogens (tertiary/aromatic N) is 3. The topological polar surface area (TPSA) is 95.6 Å². The van der Waals surface area contributed by atoms with Crippen LogP contribution < -0.4 is 10.0 Å². The predicted octanol–water partition coefficient (Wildman–Crippen LogP) is 1.59. The Balaban J connectivity index is 1.89. The summed E-state index contributed by atoms with van der Waals surface area (Å²) in [6.45, 7) is 0.269. The van der Waals surface area contributed by atoms with E-state index in [1.165, 1.54) is 6.07 Å². The Morgan fingerprint density at radius 1 is 1.29 bits per heavy atom. The predicted molar refractivity (Wildman–Crippen MR) is 87.6 cm³/mol. The second kappa shape index (κ2) is 6.97. The van der Waals surface area contributed by atoms with Gasteiger partial charge in [-0.15, -0.1) is 0 Å². The van der Waals surface area contributed by atoms with Gasteiger partial charge in [0.1, 0.15) is 11.5 Å². The first kappa shape index (κ1) is 16.4. The molecule has 3 heterocycles. The number of aromatic nitrogens is 4. The Kier molecular flexibility index (Phi) is 4.76. The number of halogens is 2. The highest BCUT2D eigenvalue weighted by molar-refractivity contribution is 7.83. The lowest BCUT2D eigenvalue weighted by molar-refractivity contribution is 0.617. The van der Waals surface area contributed by atoms with Crippen molar-refractivity contribution in [1.82, 2.24) is 24.7 Å². The molecule has 126 valence electrons. The lowest BCUT2D eigenvalue weighted by Crippen LogP contribution is -2.20. The molecule has 0 spiro atoms. The van der Waals surface area contributed by atoms with Crippen LogP contribution in [0.5, 0.6) is 0 Å². The van der Waals surface area contributed by atoms with Crippen LogP contribution in [0.1, 0.15) is 0 Å². The molecule has 0 fully saturated rings. The first-order valence-electron chi connectivity index (χ1n) is 7.03. The maximum absolute atomic E-state index is 13.8. The van der Waals surface area contributed by atoms with Gasteiger partial charge in [0.25, 0.3) is 0 Å². The maximum Gasteiger partial charge on any atom is 0.183 e. The van der Waals surface area contributed by atoms with E-state index < -0.39 is 22.6 Å². The molecular formula is C14H14F2N6OS. The van der Waals surface area contributed by atoms with Crippen molar-refractivity contribution in [3.63, 3.8) is 0 Å². The molecule has 10 heteroatoms. The summed E-state index contributed by atoms with van der Waals surface area (Å²) in [4.78, 5) is 14.9. The molecule has 0 saturated carbocycles. The van der Waals surface area contributed by atoms with Crippen molar-refractivity contribution in [2.45, 2.75) is 0 Å². The highest BCUT2D eigenvalue weighted by atomic mass is 32.2. The smallest absolute Gasteiger partial charge is 0.183 e. The van der Waals surface area contributed by atoms with Crippen LogP contribution in [-0.4, -0.2) is 43.5 Å². The minimum absolute atomic E-state index is 0.00758. The fourth-order valence-electron chi connectivity index (χ4n) is 2.15. The van der Waals surface area contributed by atoms with Gasteiger partial charge in [0, 0.05) is 23.7 Å². The Hall–Kier alpha value is -2.46. The van der Waals surface area contributed by atoms with Gasteiger partial charge in [-0.05, 0) is 13.1 Å². The first-order chi connectivity index (χ1) is 11.6. The Labute approximate surface area is 138 Å². The van der Waals surface area contributed by atoms with E-state index in [9.17, 15) is 13.0 Å². The average Bonchev–Trinajstić information content (AvgIpc) is 2.99. The molecule has 3 aromatic heterocycles. The van der Waals surface area contributed by atoms with E-state index >= 15 is 0 Å². The summed E-state index contributed by atoms with van der Waals surface area (Å²) in [7, 11) is 0.376. The summed E-state index contributed by atoms with van der Waals surface area (Å²) in [5.41, 5.74) is 0.997. The van der Waals surface area contributed by atoms with E-state index in [0.717, 1.165) is 12.4 Å². The normalized spacial score (nSPS) is 12.5. The van der Waals surface area contributed by atoms with Gasteiger partial charge >= 0.3 is 0 Å². The first-order valence-corrected chi connectivity index (χ1v) is 8.35. The van der Waals surface area contributed by atoms with Crippen LogP contribution in [0.3, 0.4) is 0 Å². The van der Waals surface area contributed by atoms with Gasteiger partial charge in [0.05, 0.1) is 29.1 Å². The molecule has 0 aliphatic heterocycles. The average molecular weight is 352 g/mol. The Bertz CT molecular complexity index is 900. The maximum atomic E-state index is 13.8. The van der Waals surface area contributed by atoms with Crippen LogP contribution in [0, 0.1) is 11.6 Å². The quantitative estimate of drug-likeness (QED) is 0.626. The van der Waals surface area contributed by atoms with Crippen molar-refractivity contribution in [2.24, 2.45) is 0 Å². The second-order valence-electron chi connectivity index (χ2n) is 4.82. The molecule has 0 radical (unpaired) electrons. The molecule has 0 aliphatic rings. The molecule has 0 amide bonds. The Morgan fingerprint density at radius 3 is 2.92 bits per heavy atom. The van der Waals surface area contributed by atoms with Crippen molar-refractivity contribution < 1.29 is 13.0 Å². The van der Waals surface area contributed by atoms with E-state index in [-0.39, 0.29) is 23.9 Å². The number of rotatable bonds is 6. The van der Waals surface area contributed by atoms with Crippen LogP contribution >= 0.6 is 0 Å². The molecule has 1 unspecified atom stereocenters. The largest absolute Gasteiger partial charge is 0.367 e. The monoisotopic (exact) mass is 352 g/mol. The van der Waals surface area contributed by atoms with E-state index in [1.54, 1.807) is 13.2 Å². The second-order valence-corrected chi connectivity index (χ2v) is 6.33. The third-order valence-electron chi connectivity index (χ3n) is 3.29. The van der Waals surface area contributed by atoms with Crippen molar-refractivity contribution in [1.29, 1.82) is 0 Å². The minimum Gasteiger partial charge on any atom is -0.367 e. The molecule has 0 bridgehead atoms. The van der Waals surface area contributed by atoms with Gasteiger partial charge in [0.2, 0.25) is 0 Å². The third kappa shape index (κ3) is 3.39. The Morgan fingerprint density at radius 2 is 2.12 bits per heavy atom. The molecule has 3 N–H and O–H groups in total. The highest BCUT2D eigenvalue weighted by Crippen LogP contribution is 2.26. The number of fused-ring (bicyclic) bond motifs is 1. The van der Waals surface area contributed by atoms with Gasteiger partial charge in [-0.25, -0.2) is 32.7 Å². The van der Waals surface area contributed by atoms with Crippen LogP contribution in [0.2, 0.25) is 0 Å². The molecule has 7 nitrogen and oxygen atoms in total. The van der Waals surface area contributed by atoms with Crippen molar-refractivity contribution in [3.8, 4) is 11.4 Å². The van der Waals surface area contributed by atoms with Gasteiger partial charge in [0.15, 0.2) is 17.5 Å².